The Kier molecular flexibility index (Phi) is 7.36. The van der Waals surface area contributed by atoms with E-state index in [2.05, 4.69) is 60.0 Å². The van der Waals surface area contributed by atoms with Crippen molar-refractivity contribution < 1.29 is 4.39 Å². The minimum Gasteiger partial charge on any atom is -0.322 e. The van der Waals surface area contributed by atoms with Gasteiger partial charge in [-0.15, -0.1) is 5.10 Å². The van der Waals surface area contributed by atoms with E-state index < -0.39 is 0 Å². The fourth-order valence-corrected chi connectivity index (χ4v) is 4.62. The lowest BCUT2D eigenvalue weighted by Gasteiger charge is -2.35. The minimum atomic E-state index is -0.277. The summed E-state index contributed by atoms with van der Waals surface area (Å²) < 4.78 is 15.6. The highest BCUT2D eigenvalue weighted by Crippen LogP contribution is 2.33. The second kappa shape index (κ2) is 10.3. The summed E-state index contributed by atoms with van der Waals surface area (Å²) in [5, 5.41) is 13.8. The summed E-state index contributed by atoms with van der Waals surface area (Å²) in [6.07, 6.45) is 0.859. The molecule has 0 amide bonds. The lowest BCUT2D eigenvalue weighted by molar-refractivity contribution is 0.117. The summed E-state index contributed by atoms with van der Waals surface area (Å²) in [4.78, 5) is 18.4. The summed E-state index contributed by atoms with van der Waals surface area (Å²) in [5.74, 6) is 0.623. The second-order valence-corrected chi connectivity index (χ2v) is 10.5. The van der Waals surface area contributed by atoms with Gasteiger partial charge in [0, 0.05) is 24.2 Å². The van der Waals surface area contributed by atoms with Crippen molar-refractivity contribution in [1.82, 2.24) is 30.1 Å². The first-order valence-corrected chi connectivity index (χ1v) is 12.5. The van der Waals surface area contributed by atoms with Crippen molar-refractivity contribution in [2.24, 2.45) is 5.92 Å². The van der Waals surface area contributed by atoms with E-state index in [0.29, 0.717) is 18.7 Å². The van der Waals surface area contributed by atoms with Crippen LogP contribution in [0.4, 0.5) is 4.39 Å². The maximum absolute atomic E-state index is 13.6. The van der Waals surface area contributed by atoms with E-state index >= 15 is 0 Å². The lowest BCUT2D eigenvalue weighted by Crippen LogP contribution is -2.38. The molecule has 1 unspecified atom stereocenters. The Morgan fingerprint density at radius 2 is 1.81 bits per heavy atom. The number of nitrogens with one attached hydrogen (secondary N) is 1. The van der Waals surface area contributed by atoms with Gasteiger partial charge < -0.3 is 4.98 Å². The molecule has 2 aromatic heterocycles. The van der Waals surface area contributed by atoms with Gasteiger partial charge in [0.15, 0.2) is 5.82 Å². The Balaban J connectivity index is 1.81. The molecule has 0 saturated carbocycles. The van der Waals surface area contributed by atoms with Gasteiger partial charge in [-0.05, 0) is 84.3 Å². The van der Waals surface area contributed by atoms with E-state index in [0.717, 1.165) is 34.3 Å². The number of benzene rings is 2. The van der Waals surface area contributed by atoms with Crippen molar-refractivity contribution in [1.29, 1.82) is 0 Å². The predicted octanol–water partition coefficient (Wildman–Crippen LogP) is 5.51. The van der Waals surface area contributed by atoms with Gasteiger partial charge in [-0.3, -0.25) is 9.69 Å². The van der Waals surface area contributed by atoms with Crippen LogP contribution in [-0.4, -0.2) is 30.1 Å². The zero-order chi connectivity index (χ0) is 26.0. The van der Waals surface area contributed by atoms with Crippen LogP contribution < -0.4 is 5.56 Å². The second-order valence-electron chi connectivity index (χ2n) is 10.5. The molecule has 0 aliphatic carbocycles. The number of halogens is 1. The van der Waals surface area contributed by atoms with Crippen LogP contribution in [0.15, 0.2) is 53.3 Å². The lowest BCUT2D eigenvalue weighted by atomic mass is 9.97. The van der Waals surface area contributed by atoms with Gasteiger partial charge in [0.2, 0.25) is 0 Å². The van der Waals surface area contributed by atoms with Crippen molar-refractivity contribution in [3.05, 3.63) is 87.2 Å². The van der Waals surface area contributed by atoms with Gasteiger partial charge in [-0.25, -0.2) is 9.07 Å². The molecule has 4 aromatic rings. The largest absolute Gasteiger partial charge is 0.322 e. The molecule has 8 heteroatoms. The molecule has 0 bridgehead atoms. The van der Waals surface area contributed by atoms with Crippen LogP contribution in [0.5, 0.6) is 0 Å². The van der Waals surface area contributed by atoms with Crippen molar-refractivity contribution >= 4 is 10.9 Å². The zero-order valence-corrected chi connectivity index (χ0v) is 21.9. The van der Waals surface area contributed by atoms with Gasteiger partial charge in [0.1, 0.15) is 5.82 Å². The number of aromatic nitrogens is 5. The number of tetrazole rings is 1. The molecule has 0 spiro atoms. The molecule has 2 heterocycles. The Morgan fingerprint density at radius 1 is 1.08 bits per heavy atom. The number of pyridine rings is 1. The predicted molar refractivity (Wildman–Crippen MR) is 140 cm³/mol. The third-order valence-electron chi connectivity index (χ3n) is 6.97. The minimum absolute atomic E-state index is 0.117. The quantitative estimate of drug-likeness (QED) is 0.335. The topological polar surface area (TPSA) is 79.7 Å². The number of nitrogens with zero attached hydrogens (tertiary/aromatic N) is 5. The molecule has 0 aliphatic rings. The molecule has 36 heavy (non-hydrogen) atoms. The van der Waals surface area contributed by atoms with E-state index in [1.807, 2.05) is 35.9 Å². The smallest absolute Gasteiger partial charge is 0.252 e. The highest BCUT2D eigenvalue weighted by Gasteiger charge is 2.33. The first-order valence-electron chi connectivity index (χ1n) is 12.5. The Morgan fingerprint density at radius 3 is 2.47 bits per heavy atom. The number of hydrogen-bond acceptors (Lipinski definition) is 5. The first-order chi connectivity index (χ1) is 17.1. The van der Waals surface area contributed by atoms with Gasteiger partial charge in [0.05, 0.1) is 11.6 Å². The average Bonchev–Trinajstić information content (AvgIpc) is 3.31. The third kappa shape index (κ3) is 5.38. The summed E-state index contributed by atoms with van der Waals surface area (Å²) in [6, 6.07) is 14.3. The van der Waals surface area contributed by atoms with Gasteiger partial charge in [0.25, 0.3) is 5.56 Å². The number of aryl methyl sites for hydroxylation is 1. The Bertz CT molecular complexity index is 1390. The molecule has 1 N–H and O–H groups in total. The first kappa shape index (κ1) is 25.7. The summed E-state index contributed by atoms with van der Waals surface area (Å²) >= 11 is 0. The van der Waals surface area contributed by atoms with Gasteiger partial charge in [-0.2, -0.15) is 0 Å². The van der Waals surface area contributed by atoms with Crippen LogP contribution in [0, 0.1) is 18.7 Å². The molecule has 0 aliphatic heterocycles. The molecule has 0 fully saturated rings. The summed E-state index contributed by atoms with van der Waals surface area (Å²) in [5.41, 5.74) is 3.13. The molecule has 2 aromatic carbocycles. The molecule has 1 atom stereocenters. The van der Waals surface area contributed by atoms with Crippen LogP contribution in [0.1, 0.15) is 69.6 Å². The highest BCUT2D eigenvalue weighted by atomic mass is 19.1. The normalized spacial score (nSPS) is 13.1. The summed E-state index contributed by atoms with van der Waals surface area (Å²) in [7, 11) is 0. The maximum atomic E-state index is 13.6. The van der Waals surface area contributed by atoms with E-state index in [1.165, 1.54) is 12.1 Å². The van der Waals surface area contributed by atoms with Gasteiger partial charge in [-0.1, -0.05) is 45.0 Å². The van der Waals surface area contributed by atoms with Crippen molar-refractivity contribution in [3.63, 3.8) is 0 Å². The molecule has 0 radical (unpaired) electrons. The van der Waals surface area contributed by atoms with Crippen LogP contribution in [-0.2, 0) is 18.6 Å². The van der Waals surface area contributed by atoms with Crippen LogP contribution in [0.3, 0.4) is 0 Å². The fraction of sp³-hybridized carbons (Fsp3) is 0.429. The molecular weight excluding hydrogens is 455 g/mol. The fourth-order valence-electron chi connectivity index (χ4n) is 4.62. The number of rotatable bonds is 9. The van der Waals surface area contributed by atoms with Crippen LogP contribution in [0.25, 0.3) is 10.9 Å². The van der Waals surface area contributed by atoms with Crippen molar-refractivity contribution in [3.8, 4) is 0 Å². The Hall–Kier alpha value is -3.39. The zero-order valence-electron chi connectivity index (χ0n) is 21.9. The van der Waals surface area contributed by atoms with Crippen LogP contribution in [0.2, 0.25) is 0 Å². The molecular formula is C28H35FN6O. The van der Waals surface area contributed by atoms with E-state index in [1.54, 1.807) is 12.1 Å². The van der Waals surface area contributed by atoms with Crippen molar-refractivity contribution in [2.75, 3.05) is 0 Å². The monoisotopic (exact) mass is 490 g/mol. The molecule has 7 nitrogen and oxygen atoms in total. The van der Waals surface area contributed by atoms with E-state index in [-0.39, 0.29) is 28.9 Å². The van der Waals surface area contributed by atoms with E-state index in [9.17, 15) is 9.18 Å². The third-order valence-corrected chi connectivity index (χ3v) is 6.97. The van der Waals surface area contributed by atoms with E-state index in [4.69, 9.17) is 0 Å². The molecule has 4 rings (SSSR count). The summed E-state index contributed by atoms with van der Waals surface area (Å²) in [6.45, 7) is 13.5. The number of aromatic amines is 1. The number of H-pyrrole nitrogens is 1. The maximum Gasteiger partial charge on any atom is 0.252 e. The average molecular weight is 491 g/mol. The van der Waals surface area contributed by atoms with Gasteiger partial charge >= 0.3 is 0 Å². The standard InChI is InChI=1S/C28H35FN6O/c1-7-28(5,6)35-26(31-32-33-35)25(18(2)3)34(16-20-9-12-23(29)13-10-20)17-22-15-21-11-8-19(4)14-24(21)30-27(22)36/h8-15,18,25H,7,16-17H2,1-6H3,(H,30,36). The number of hydrogen-bond donors (Lipinski definition) is 1. The van der Waals surface area contributed by atoms with Crippen molar-refractivity contribution in [2.45, 2.75) is 72.6 Å². The molecule has 0 saturated heterocycles. The van der Waals surface area contributed by atoms with Crippen LogP contribution >= 0.6 is 0 Å². The Labute approximate surface area is 211 Å². The molecule has 190 valence electrons. The number of fused-ring (bicyclic) bond motifs is 1. The SMILES string of the molecule is CCC(C)(C)n1nnnc1C(C(C)C)N(Cc1ccc(F)cc1)Cc1cc2ccc(C)cc2[nH]c1=O. The highest BCUT2D eigenvalue weighted by molar-refractivity contribution is 5.79.